The number of hydrogen-bond donors (Lipinski definition) is 1. The second kappa shape index (κ2) is 5.95. The fourth-order valence-electron chi connectivity index (χ4n) is 2.18. The standard InChI is InChI=1S/C16H20BFO4/c1-15(2)16(3,4)22-17(21-15)12(10-20)8-13-11(9-19)6-5-7-14(13)18/h5-9,20H,10H2,1-4H3. The number of aliphatic hydroxyl groups is 1. The van der Waals surface area contributed by atoms with Gasteiger partial charge in [0.1, 0.15) is 5.82 Å². The molecule has 2 rings (SSSR count). The van der Waals surface area contributed by atoms with Gasteiger partial charge in [0.2, 0.25) is 0 Å². The zero-order valence-corrected chi connectivity index (χ0v) is 13.2. The number of aldehydes is 1. The summed E-state index contributed by atoms with van der Waals surface area (Å²) in [5.41, 5.74) is -0.422. The van der Waals surface area contributed by atoms with Gasteiger partial charge in [0.15, 0.2) is 6.29 Å². The molecule has 1 aromatic rings. The maximum Gasteiger partial charge on any atom is 0.492 e. The van der Waals surface area contributed by atoms with E-state index < -0.39 is 24.1 Å². The predicted octanol–water partition coefficient (Wildman–Crippen LogP) is 2.65. The molecule has 6 heteroatoms. The lowest BCUT2D eigenvalue weighted by Crippen LogP contribution is -2.41. The van der Waals surface area contributed by atoms with Gasteiger partial charge in [0.05, 0.1) is 17.8 Å². The molecule has 22 heavy (non-hydrogen) atoms. The number of rotatable bonds is 4. The molecule has 0 unspecified atom stereocenters. The van der Waals surface area contributed by atoms with E-state index in [1.54, 1.807) is 0 Å². The molecule has 1 saturated heterocycles. The van der Waals surface area contributed by atoms with Gasteiger partial charge in [0.25, 0.3) is 0 Å². The first-order valence-electron chi connectivity index (χ1n) is 7.12. The summed E-state index contributed by atoms with van der Waals surface area (Å²) in [5, 5.41) is 9.60. The maximum absolute atomic E-state index is 14.0. The molecular weight excluding hydrogens is 286 g/mol. The van der Waals surface area contributed by atoms with Crippen molar-refractivity contribution in [1.29, 1.82) is 0 Å². The van der Waals surface area contributed by atoms with Crippen LogP contribution in [0.25, 0.3) is 6.08 Å². The van der Waals surface area contributed by atoms with Crippen molar-refractivity contribution in [1.82, 2.24) is 0 Å². The molecule has 0 saturated carbocycles. The maximum atomic E-state index is 14.0. The van der Waals surface area contributed by atoms with Crippen molar-refractivity contribution >= 4 is 19.5 Å². The monoisotopic (exact) mass is 306 g/mol. The number of carbonyl (C=O) groups excluding carboxylic acids is 1. The van der Waals surface area contributed by atoms with Crippen molar-refractivity contribution in [2.75, 3.05) is 6.61 Å². The number of halogens is 1. The molecular formula is C16H20BFO4. The second-order valence-corrected chi connectivity index (χ2v) is 6.33. The van der Waals surface area contributed by atoms with Crippen LogP contribution in [0.1, 0.15) is 43.6 Å². The summed E-state index contributed by atoms with van der Waals surface area (Å²) in [6.07, 6.45) is 2.00. The van der Waals surface area contributed by atoms with Crippen LogP contribution in [-0.4, -0.2) is 36.3 Å². The van der Waals surface area contributed by atoms with Gasteiger partial charge >= 0.3 is 7.12 Å². The van der Waals surface area contributed by atoms with Crippen LogP contribution in [0.5, 0.6) is 0 Å². The minimum absolute atomic E-state index is 0.122. The van der Waals surface area contributed by atoms with E-state index in [4.69, 9.17) is 9.31 Å². The Balaban J connectivity index is 2.40. The van der Waals surface area contributed by atoms with E-state index in [2.05, 4.69) is 0 Å². The van der Waals surface area contributed by atoms with Crippen molar-refractivity contribution in [3.05, 3.63) is 40.6 Å². The Morgan fingerprint density at radius 2 is 1.86 bits per heavy atom. The molecule has 1 N–H and O–H groups in total. The molecule has 1 aliphatic rings. The molecule has 0 aliphatic carbocycles. The van der Waals surface area contributed by atoms with Crippen LogP contribution in [0, 0.1) is 5.82 Å². The number of carbonyl (C=O) groups is 1. The van der Waals surface area contributed by atoms with Gasteiger partial charge in [-0.15, -0.1) is 0 Å². The Morgan fingerprint density at radius 3 is 2.36 bits per heavy atom. The van der Waals surface area contributed by atoms with Crippen LogP contribution in [0.15, 0.2) is 23.7 Å². The Morgan fingerprint density at radius 1 is 1.27 bits per heavy atom. The zero-order chi connectivity index (χ0) is 16.5. The van der Waals surface area contributed by atoms with E-state index in [1.807, 2.05) is 27.7 Å². The van der Waals surface area contributed by atoms with Gasteiger partial charge < -0.3 is 14.4 Å². The van der Waals surface area contributed by atoms with Crippen LogP contribution in [0.4, 0.5) is 4.39 Å². The molecule has 0 atom stereocenters. The molecule has 118 valence electrons. The normalized spacial score (nSPS) is 20.3. The summed E-state index contributed by atoms with van der Waals surface area (Å²) in [4.78, 5) is 11.1. The van der Waals surface area contributed by atoms with Gasteiger partial charge in [-0.05, 0) is 39.2 Å². The first kappa shape index (κ1) is 16.9. The lowest BCUT2D eigenvalue weighted by atomic mass is 9.77. The lowest BCUT2D eigenvalue weighted by molar-refractivity contribution is 0.00578. The smallest absolute Gasteiger partial charge is 0.400 e. The van der Waals surface area contributed by atoms with Crippen molar-refractivity contribution in [2.24, 2.45) is 0 Å². The highest BCUT2D eigenvalue weighted by molar-refractivity contribution is 6.55. The topological polar surface area (TPSA) is 55.8 Å². The van der Waals surface area contributed by atoms with Crippen molar-refractivity contribution in [3.8, 4) is 0 Å². The van der Waals surface area contributed by atoms with Gasteiger partial charge in [0, 0.05) is 11.1 Å². The van der Waals surface area contributed by atoms with Crippen molar-refractivity contribution in [2.45, 2.75) is 38.9 Å². The Kier molecular flexibility index (Phi) is 4.56. The summed E-state index contributed by atoms with van der Waals surface area (Å²) < 4.78 is 25.6. The average Bonchev–Trinajstić information content (AvgIpc) is 2.65. The molecule has 4 nitrogen and oxygen atoms in total. The second-order valence-electron chi connectivity index (χ2n) is 6.33. The summed E-state index contributed by atoms with van der Waals surface area (Å²) in [6.45, 7) is 7.21. The van der Waals surface area contributed by atoms with Crippen LogP contribution < -0.4 is 0 Å². The van der Waals surface area contributed by atoms with Crippen LogP contribution in [0.3, 0.4) is 0 Å². The van der Waals surface area contributed by atoms with Gasteiger partial charge in [-0.1, -0.05) is 18.2 Å². The highest BCUT2D eigenvalue weighted by atomic mass is 19.1. The lowest BCUT2D eigenvalue weighted by Gasteiger charge is -2.32. The predicted molar refractivity (Wildman–Crippen MR) is 82.9 cm³/mol. The fourth-order valence-corrected chi connectivity index (χ4v) is 2.18. The van der Waals surface area contributed by atoms with Crippen molar-refractivity contribution < 1.29 is 23.6 Å². The van der Waals surface area contributed by atoms with Crippen LogP contribution >= 0.6 is 0 Å². The first-order valence-corrected chi connectivity index (χ1v) is 7.12. The Bertz CT molecular complexity index is 594. The minimum atomic E-state index is -0.783. The minimum Gasteiger partial charge on any atom is -0.400 e. The molecule has 1 aliphatic heterocycles. The SMILES string of the molecule is CC1(C)OB(C(=Cc2c(F)cccc2C=O)CO)OC1(C)C. The van der Waals surface area contributed by atoms with Gasteiger partial charge in [-0.2, -0.15) is 0 Å². The van der Waals surface area contributed by atoms with E-state index in [0.29, 0.717) is 11.8 Å². The van der Waals surface area contributed by atoms with Crippen LogP contribution in [-0.2, 0) is 9.31 Å². The average molecular weight is 306 g/mol. The fraction of sp³-hybridized carbons (Fsp3) is 0.438. The number of hydrogen-bond acceptors (Lipinski definition) is 4. The summed E-state index contributed by atoms with van der Waals surface area (Å²) >= 11 is 0. The highest BCUT2D eigenvalue weighted by Gasteiger charge is 2.52. The molecule has 1 heterocycles. The Labute approximate surface area is 130 Å². The summed E-state index contributed by atoms with van der Waals surface area (Å²) in [7, 11) is -0.783. The Hall–Kier alpha value is -1.50. The van der Waals surface area contributed by atoms with E-state index in [-0.39, 0.29) is 17.7 Å². The molecule has 0 spiro atoms. The van der Waals surface area contributed by atoms with E-state index in [9.17, 15) is 14.3 Å². The molecule has 0 radical (unpaired) electrons. The third-order valence-corrected chi connectivity index (χ3v) is 4.28. The largest absolute Gasteiger partial charge is 0.492 e. The highest BCUT2D eigenvalue weighted by Crippen LogP contribution is 2.38. The molecule has 0 bridgehead atoms. The molecule has 1 fully saturated rings. The quantitative estimate of drug-likeness (QED) is 0.686. The van der Waals surface area contributed by atoms with E-state index in [1.165, 1.54) is 24.3 Å². The first-order chi connectivity index (χ1) is 10.2. The molecule has 1 aromatic carbocycles. The summed E-state index contributed by atoms with van der Waals surface area (Å²) in [6, 6.07) is 4.24. The van der Waals surface area contributed by atoms with Gasteiger partial charge in [-0.25, -0.2) is 4.39 Å². The number of benzene rings is 1. The van der Waals surface area contributed by atoms with E-state index in [0.717, 1.165) is 0 Å². The van der Waals surface area contributed by atoms with Crippen molar-refractivity contribution in [3.63, 3.8) is 0 Å². The van der Waals surface area contributed by atoms with E-state index >= 15 is 0 Å². The third-order valence-electron chi connectivity index (χ3n) is 4.28. The van der Waals surface area contributed by atoms with Crippen LogP contribution in [0.2, 0.25) is 0 Å². The molecule has 0 aromatic heterocycles. The number of aliphatic hydroxyl groups excluding tert-OH is 1. The zero-order valence-electron chi connectivity index (χ0n) is 13.2. The van der Waals surface area contributed by atoms with Gasteiger partial charge in [-0.3, -0.25) is 4.79 Å². The molecule has 0 amide bonds. The summed E-state index contributed by atoms with van der Waals surface area (Å²) in [5.74, 6) is -0.535. The third kappa shape index (κ3) is 3.00.